The van der Waals surface area contributed by atoms with E-state index in [0.717, 1.165) is 0 Å². The number of carbonyl (C=O) groups excluding carboxylic acids is 2. The number of aliphatic hydroxyl groups is 1. The Hall–Kier alpha value is -2.32. The molecule has 0 fully saturated rings. The summed E-state index contributed by atoms with van der Waals surface area (Å²) in [6.07, 6.45) is 5.22. The van der Waals surface area contributed by atoms with Crippen LogP contribution in [0.2, 0.25) is 0 Å². The molecule has 2 amide bonds. The summed E-state index contributed by atoms with van der Waals surface area (Å²) in [5, 5.41) is 12.3. The van der Waals surface area contributed by atoms with E-state index in [0.29, 0.717) is 24.8 Å². The second-order valence-corrected chi connectivity index (χ2v) is 4.37. The van der Waals surface area contributed by atoms with Crippen molar-refractivity contribution in [3.63, 3.8) is 0 Å². The molecule has 0 bridgehead atoms. The van der Waals surface area contributed by atoms with E-state index in [-0.39, 0.29) is 0 Å². The Kier molecular flexibility index (Phi) is 6.27. The topological polar surface area (TPSA) is 92.4 Å². The van der Waals surface area contributed by atoms with Crippen molar-refractivity contribution in [2.45, 2.75) is 31.4 Å². The zero-order valence-electron chi connectivity index (χ0n) is 11.1. The highest BCUT2D eigenvalue weighted by Crippen LogP contribution is 2.12. The Labute approximate surface area is 118 Å². The van der Waals surface area contributed by atoms with E-state index in [1.807, 2.05) is 0 Å². The minimum Gasteiger partial charge on any atom is -0.378 e. The highest BCUT2D eigenvalue weighted by molar-refractivity contribution is 5.88. The minimum atomic E-state index is -1.33. The van der Waals surface area contributed by atoms with Crippen molar-refractivity contribution in [3.8, 4) is 12.3 Å². The van der Waals surface area contributed by atoms with Gasteiger partial charge in [-0.25, -0.2) is 0 Å². The maximum absolute atomic E-state index is 11.9. The molecule has 1 aromatic carbocycles. The average molecular weight is 274 g/mol. The van der Waals surface area contributed by atoms with Gasteiger partial charge in [0, 0.05) is 6.42 Å². The molecule has 20 heavy (non-hydrogen) atoms. The van der Waals surface area contributed by atoms with Gasteiger partial charge in [0.05, 0.1) is 0 Å². The monoisotopic (exact) mass is 274 g/mol. The first-order chi connectivity index (χ1) is 9.56. The van der Waals surface area contributed by atoms with Crippen LogP contribution < -0.4 is 11.1 Å². The SMILES string of the molecule is C#CCCC[C@H](NC(=O)[C@@H](O)c1ccccc1)C(N)=O. The number of unbranched alkanes of at least 4 members (excludes halogenated alkanes) is 1. The molecule has 0 aliphatic heterocycles. The van der Waals surface area contributed by atoms with Crippen LogP contribution in [0.1, 0.15) is 30.9 Å². The summed E-state index contributed by atoms with van der Waals surface area (Å²) >= 11 is 0. The van der Waals surface area contributed by atoms with Crippen LogP contribution in [0.4, 0.5) is 0 Å². The van der Waals surface area contributed by atoms with Gasteiger partial charge < -0.3 is 16.2 Å². The number of rotatable bonds is 7. The Balaban J connectivity index is 2.62. The lowest BCUT2D eigenvalue weighted by Gasteiger charge is -2.17. The molecule has 5 nitrogen and oxygen atoms in total. The predicted molar refractivity (Wildman–Crippen MR) is 75.2 cm³/mol. The van der Waals surface area contributed by atoms with Crippen molar-refractivity contribution in [1.29, 1.82) is 0 Å². The smallest absolute Gasteiger partial charge is 0.254 e. The van der Waals surface area contributed by atoms with Crippen LogP contribution in [-0.2, 0) is 9.59 Å². The lowest BCUT2D eigenvalue weighted by atomic mass is 10.1. The molecule has 0 saturated carbocycles. The molecule has 0 saturated heterocycles. The molecule has 0 radical (unpaired) electrons. The number of hydrogen-bond donors (Lipinski definition) is 3. The number of benzene rings is 1. The molecule has 0 aliphatic carbocycles. The van der Waals surface area contributed by atoms with E-state index in [9.17, 15) is 14.7 Å². The Morgan fingerprint density at radius 3 is 2.55 bits per heavy atom. The molecule has 5 heteroatoms. The van der Waals surface area contributed by atoms with Gasteiger partial charge in [0.1, 0.15) is 6.04 Å². The Morgan fingerprint density at radius 2 is 2.00 bits per heavy atom. The molecular formula is C15H18N2O3. The normalized spacial score (nSPS) is 13.0. The molecule has 0 heterocycles. The number of nitrogens with one attached hydrogen (secondary N) is 1. The number of terminal acetylenes is 1. The van der Waals surface area contributed by atoms with E-state index in [4.69, 9.17) is 12.2 Å². The van der Waals surface area contributed by atoms with E-state index in [1.165, 1.54) is 0 Å². The predicted octanol–water partition coefficient (Wildman–Crippen LogP) is 0.494. The van der Waals surface area contributed by atoms with Crippen LogP contribution in [0.15, 0.2) is 30.3 Å². The molecule has 1 rings (SSSR count). The molecule has 4 N–H and O–H groups in total. The third kappa shape index (κ3) is 4.75. The largest absolute Gasteiger partial charge is 0.378 e. The van der Waals surface area contributed by atoms with Crippen molar-refractivity contribution >= 4 is 11.8 Å². The number of primary amides is 1. The maximum Gasteiger partial charge on any atom is 0.254 e. The summed E-state index contributed by atoms with van der Waals surface area (Å²) in [5.41, 5.74) is 5.67. The maximum atomic E-state index is 11.9. The summed E-state index contributed by atoms with van der Waals surface area (Å²) in [6.45, 7) is 0. The number of amides is 2. The summed E-state index contributed by atoms with van der Waals surface area (Å²) < 4.78 is 0. The fraction of sp³-hybridized carbons (Fsp3) is 0.333. The van der Waals surface area contributed by atoms with E-state index < -0.39 is 24.0 Å². The average Bonchev–Trinajstić information content (AvgIpc) is 2.46. The van der Waals surface area contributed by atoms with Crippen LogP contribution in [0, 0.1) is 12.3 Å². The van der Waals surface area contributed by atoms with E-state index in [2.05, 4.69) is 11.2 Å². The molecule has 0 spiro atoms. The fourth-order valence-electron chi connectivity index (χ4n) is 1.73. The zero-order chi connectivity index (χ0) is 15.0. The Bertz CT molecular complexity index is 494. The molecule has 0 aliphatic rings. The first-order valence-corrected chi connectivity index (χ1v) is 6.32. The van der Waals surface area contributed by atoms with Crippen LogP contribution in [-0.4, -0.2) is 23.0 Å². The van der Waals surface area contributed by atoms with Gasteiger partial charge >= 0.3 is 0 Å². The first-order valence-electron chi connectivity index (χ1n) is 6.32. The summed E-state index contributed by atoms with van der Waals surface area (Å²) in [7, 11) is 0. The molecule has 1 aromatic rings. The number of carbonyl (C=O) groups is 2. The lowest BCUT2D eigenvalue weighted by Crippen LogP contribution is -2.46. The fourth-order valence-corrected chi connectivity index (χ4v) is 1.73. The van der Waals surface area contributed by atoms with Gasteiger partial charge in [0.15, 0.2) is 6.10 Å². The van der Waals surface area contributed by atoms with Crippen LogP contribution in [0.3, 0.4) is 0 Å². The van der Waals surface area contributed by atoms with Gasteiger partial charge in [-0.3, -0.25) is 9.59 Å². The van der Waals surface area contributed by atoms with Gasteiger partial charge in [0.25, 0.3) is 5.91 Å². The Morgan fingerprint density at radius 1 is 1.35 bits per heavy atom. The molecular weight excluding hydrogens is 256 g/mol. The zero-order valence-corrected chi connectivity index (χ0v) is 11.1. The second kappa shape index (κ2) is 7.97. The standard InChI is InChI=1S/C15H18N2O3/c1-2-3-5-10-12(14(16)19)17-15(20)13(18)11-8-6-4-7-9-11/h1,4,6-9,12-13,18H,3,5,10H2,(H2,16,19)(H,17,20)/t12-,13-/m0/s1. The molecule has 2 atom stereocenters. The number of hydrogen-bond acceptors (Lipinski definition) is 3. The number of aliphatic hydroxyl groups excluding tert-OH is 1. The molecule has 0 aromatic heterocycles. The van der Waals surface area contributed by atoms with Crippen LogP contribution in [0.5, 0.6) is 0 Å². The highest BCUT2D eigenvalue weighted by atomic mass is 16.3. The minimum absolute atomic E-state index is 0.354. The van der Waals surface area contributed by atoms with Gasteiger partial charge in [-0.05, 0) is 18.4 Å². The van der Waals surface area contributed by atoms with Crippen molar-refractivity contribution in [1.82, 2.24) is 5.32 Å². The third-order valence-corrected chi connectivity index (χ3v) is 2.84. The molecule has 0 unspecified atom stereocenters. The summed E-state index contributed by atoms with van der Waals surface area (Å²) in [6, 6.07) is 7.63. The van der Waals surface area contributed by atoms with Crippen LogP contribution >= 0.6 is 0 Å². The van der Waals surface area contributed by atoms with Gasteiger partial charge in [-0.15, -0.1) is 12.3 Å². The summed E-state index contributed by atoms with van der Waals surface area (Å²) in [5.74, 6) is 1.15. The van der Waals surface area contributed by atoms with Crippen molar-refractivity contribution in [2.75, 3.05) is 0 Å². The highest BCUT2D eigenvalue weighted by Gasteiger charge is 2.23. The van der Waals surface area contributed by atoms with E-state index >= 15 is 0 Å². The third-order valence-electron chi connectivity index (χ3n) is 2.84. The summed E-state index contributed by atoms with van der Waals surface area (Å²) in [4.78, 5) is 23.1. The molecule has 106 valence electrons. The van der Waals surface area contributed by atoms with Gasteiger partial charge in [-0.2, -0.15) is 0 Å². The van der Waals surface area contributed by atoms with Gasteiger partial charge in [-0.1, -0.05) is 30.3 Å². The van der Waals surface area contributed by atoms with Crippen molar-refractivity contribution in [2.24, 2.45) is 5.73 Å². The lowest BCUT2D eigenvalue weighted by molar-refractivity contribution is -0.133. The van der Waals surface area contributed by atoms with Gasteiger partial charge in [0.2, 0.25) is 5.91 Å². The van der Waals surface area contributed by atoms with Crippen molar-refractivity contribution < 1.29 is 14.7 Å². The quantitative estimate of drug-likeness (QED) is 0.499. The first kappa shape index (κ1) is 15.7. The van der Waals surface area contributed by atoms with E-state index in [1.54, 1.807) is 30.3 Å². The second-order valence-electron chi connectivity index (χ2n) is 4.37. The van der Waals surface area contributed by atoms with Crippen LogP contribution in [0.25, 0.3) is 0 Å². The number of nitrogens with two attached hydrogens (primary N) is 1. The van der Waals surface area contributed by atoms with Crippen molar-refractivity contribution in [3.05, 3.63) is 35.9 Å².